The second-order valence-corrected chi connectivity index (χ2v) is 4.25. The van der Waals surface area contributed by atoms with E-state index < -0.39 is 5.97 Å². The van der Waals surface area contributed by atoms with E-state index in [-0.39, 0.29) is 11.8 Å². The molecule has 0 aliphatic carbocycles. The standard InChI is InChI=1S/C13H12N2O3/c16-13(17)12-9-6-11(8-4-2-1-3-5-8)18-7-10(9)14-15-12/h1-5,11H,6-7H2,(H,14,15)(H,16,17)/t11-/m0/s1. The van der Waals surface area contributed by atoms with Crippen molar-refractivity contribution in [3.05, 3.63) is 52.8 Å². The van der Waals surface area contributed by atoms with E-state index in [1.165, 1.54) is 0 Å². The second kappa shape index (κ2) is 4.27. The molecule has 1 aliphatic heterocycles. The van der Waals surface area contributed by atoms with Crippen LogP contribution in [0, 0.1) is 0 Å². The molecule has 0 amide bonds. The topological polar surface area (TPSA) is 75.2 Å². The predicted molar refractivity (Wildman–Crippen MR) is 63.2 cm³/mol. The number of carboxylic acid groups (broad SMARTS) is 1. The van der Waals surface area contributed by atoms with Crippen molar-refractivity contribution in [1.29, 1.82) is 0 Å². The summed E-state index contributed by atoms with van der Waals surface area (Å²) < 4.78 is 5.72. The van der Waals surface area contributed by atoms with Gasteiger partial charge in [-0.05, 0) is 5.56 Å². The highest BCUT2D eigenvalue weighted by Crippen LogP contribution is 2.30. The molecule has 5 nitrogen and oxygen atoms in total. The molecule has 1 aliphatic rings. The third-order valence-corrected chi connectivity index (χ3v) is 3.15. The molecule has 0 radical (unpaired) electrons. The number of carboxylic acids is 1. The van der Waals surface area contributed by atoms with E-state index in [2.05, 4.69) is 10.2 Å². The van der Waals surface area contributed by atoms with Crippen LogP contribution in [0.25, 0.3) is 0 Å². The summed E-state index contributed by atoms with van der Waals surface area (Å²) in [4.78, 5) is 11.1. The minimum Gasteiger partial charge on any atom is -0.476 e. The second-order valence-electron chi connectivity index (χ2n) is 4.25. The van der Waals surface area contributed by atoms with Gasteiger partial charge in [-0.3, -0.25) is 5.10 Å². The third kappa shape index (κ3) is 1.78. The highest BCUT2D eigenvalue weighted by atomic mass is 16.5. The van der Waals surface area contributed by atoms with Gasteiger partial charge in [-0.25, -0.2) is 4.79 Å². The van der Waals surface area contributed by atoms with Gasteiger partial charge in [0.05, 0.1) is 18.4 Å². The van der Waals surface area contributed by atoms with Crippen molar-refractivity contribution in [2.24, 2.45) is 0 Å². The van der Waals surface area contributed by atoms with Crippen LogP contribution in [0.1, 0.15) is 33.4 Å². The van der Waals surface area contributed by atoms with Gasteiger partial charge in [-0.1, -0.05) is 30.3 Å². The Morgan fingerprint density at radius 3 is 2.89 bits per heavy atom. The van der Waals surface area contributed by atoms with E-state index in [9.17, 15) is 4.79 Å². The molecule has 1 aromatic heterocycles. The number of hydrogen-bond donors (Lipinski definition) is 2. The summed E-state index contributed by atoms with van der Waals surface area (Å²) in [5.41, 5.74) is 2.68. The van der Waals surface area contributed by atoms with Gasteiger partial charge < -0.3 is 9.84 Å². The maximum absolute atomic E-state index is 11.1. The average molecular weight is 244 g/mol. The smallest absolute Gasteiger partial charge is 0.356 e. The van der Waals surface area contributed by atoms with E-state index in [0.717, 1.165) is 16.8 Å². The van der Waals surface area contributed by atoms with E-state index in [1.807, 2.05) is 30.3 Å². The SMILES string of the molecule is O=C(O)c1n[nH]c2c1C[C@@H](c1ccccc1)OC2. The number of aromatic amines is 1. The summed E-state index contributed by atoms with van der Waals surface area (Å²) in [5, 5.41) is 15.6. The van der Waals surface area contributed by atoms with Crippen molar-refractivity contribution in [2.45, 2.75) is 19.1 Å². The fourth-order valence-corrected chi connectivity index (χ4v) is 2.23. The average Bonchev–Trinajstić information content (AvgIpc) is 2.82. The number of nitrogens with one attached hydrogen (secondary N) is 1. The third-order valence-electron chi connectivity index (χ3n) is 3.15. The van der Waals surface area contributed by atoms with Gasteiger partial charge in [0.15, 0.2) is 5.69 Å². The van der Waals surface area contributed by atoms with Crippen LogP contribution in [-0.4, -0.2) is 21.3 Å². The minimum atomic E-state index is -0.999. The molecule has 92 valence electrons. The summed E-state index contributed by atoms with van der Waals surface area (Å²) in [5.74, 6) is -0.999. The molecule has 5 heteroatoms. The van der Waals surface area contributed by atoms with Crippen molar-refractivity contribution >= 4 is 5.97 Å². The molecule has 3 rings (SSSR count). The van der Waals surface area contributed by atoms with Crippen molar-refractivity contribution in [3.63, 3.8) is 0 Å². The van der Waals surface area contributed by atoms with Crippen LogP contribution in [0.4, 0.5) is 0 Å². The van der Waals surface area contributed by atoms with Crippen LogP contribution < -0.4 is 0 Å². The predicted octanol–water partition coefficient (Wildman–Crippen LogP) is 1.92. The Hall–Kier alpha value is -2.14. The number of aromatic nitrogens is 2. The number of ether oxygens (including phenoxy) is 1. The minimum absolute atomic E-state index is 0.102. The van der Waals surface area contributed by atoms with Gasteiger partial charge >= 0.3 is 5.97 Å². The van der Waals surface area contributed by atoms with E-state index in [0.29, 0.717) is 13.0 Å². The van der Waals surface area contributed by atoms with Crippen molar-refractivity contribution in [3.8, 4) is 0 Å². The number of nitrogens with zero attached hydrogens (tertiary/aromatic N) is 1. The maximum atomic E-state index is 11.1. The van der Waals surface area contributed by atoms with Gasteiger partial charge in [0.2, 0.25) is 0 Å². The number of aromatic carboxylic acids is 1. The fraction of sp³-hybridized carbons (Fsp3) is 0.231. The number of hydrogen-bond acceptors (Lipinski definition) is 3. The van der Waals surface area contributed by atoms with Crippen LogP contribution in [0.5, 0.6) is 0 Å². The Labute approximate surface area is 103 Å². The lowest BCUT2D eigenvalue weighted by atomic mass is 9.97. The molecular formula is C13H12N2O3. The van der Waals surface area contributed by atoms with Gasteiger partial charge in [-0.15, -0.1) is 0 Å². The highest BCUT2D eigenvalue weighted by molar-refractivity contribution is 5.87. The Kier molecular flexibility index (Phi) is 2.60. The lowest BCUT2D eigenvalue weighted by Crippen LogP contribution is -2.16. The lowest BCUT2D eigenvalue weighted by Gasteiger charge is -2.23. The molecule has 1 atom stereocenters. The first-order valence-corrected chi connectivity index (χ1v) is 5.71. The summed E-state index contributed by atoms with van der Waals surface area (Å²) in [6, 6.07) is 9.80. The van der Waals surface area contributed by atoms with Crippen LogP contribution in [0.2, 0.25) is 0 Å². The molecule has 0 saturated heterocycles. The highest BCUT2D eigenvalue weighted by Gasteiger charge is 2.27. The normalized spacial score (nSPS) is 18.3. The molecule has 2 heterocycles. The van der Waals surface area contributed by atoms with Crippen molar-refractivity contribution in [1.82, 2.24) is 10.2 Å². The van der Waals surface area contributed by atoms with E-state index in [1.54, 1.807) is 0 Å². The lowest BCUT2D eigenvalue weighted by molar-refractivity contribution is 0.0252. The zero-order valence-corrected chi connectivity index (χ0v) is 9.59. The van der Waals surface area contributed by atoms with E-state index >= 15 is 0 Å². The fourth-order valence-electron chi connectivity index (χ4n) is 2.23. The van der Waals surface area contributed by atoms with Crippen LogP contribution in [0.15, 0.2) is 30.3 Å². The quantitative estimate of drug-likeness (QED) is 0.846. The number of H-pyrrole nitrogens is 1. The molecule has 2 aromatic rings. The molecule has 2 N–H and O–H groups in total. The van der Waals surface area contributed by atoms with Crippen LogP contribution in [0.3, 0.4) is 0 Å². The molecule has 0 saturated carbocycles. The maximum Gasteiger partial charge on any atom is 0.356 e. The Bertz CT molecular complexity index is 577. The number of carbonyl (C=O) groups is 1. The zero-order valence-electron chi connectivity index (χ0n) is 9.59. The summed E-state index contributed by atoms with van der Waals surface area (Å²) in [6.45, 7) is 0.370. The van der Waals surface area contributed by atoms with Crippen molar-refractivity contribution in [2.75, 3.05) is 0 Å². The summed E-state index contributed by atoms with van der Waals surface area (Å²) in [6.07, 6.45) is 0.437. The molecule has 0 unspecified atom stereocenters. The number of rotatable bonds is 2. The molecular weight excluding hydrogens is 232 g/mol. The first kappa shape index (κ1) is 11.0. The van der Waals surface area contributed by atoms with Gasteiger partial charge in [0, 0.05) is 12.0 Å². The molecule has 1 aromatic carbocycles. The monoisotopic (exact) mass is 244 g/mol. The largest absolute Gasteiger partial charge is 0.476 e. The van der Waals surface area contributed by atoms with Gasteiger partial charge in [-0.2, -0.15) is 5.10 Å². The first-order valence-electron chi connectivity index (χ1n) is 5.71. The summed E-state index contributed by atoms with van der Waals surface area (Å²) in [7, 11) is 0. The molecule has 18 heavy (non-hydrogen) atoms. The first-order chi connectivity index (χ1) is 8.75. The van der Waals surface area contributed by atoms with Gasteiger partial charge in [0.25, 0.3) is 0 Å². The molecule has 0 fully saturated rings. The molecule has 0 bridgehead atoms. The van der Waals surface area contributed by atoms with E-state index in [4.69, 9.17) is 9.84 Å². The van der Waals surface area contributed by atoms with Gasteiger partial charge in [0.1, 0.15) is 0 Å². The summed E-state index contributed by atoms with van der Waals surface area (Å²) >= 11 is 0. The Balaban J connectivity index is 1.93. The molecule has 0 spiro atoms. The zero-order chi connectivity index (χ0) is 12.5. The van der Waals surface area contributed by atoms with Crippen LogP contribution >= 0.6 is 0 Å². The van der Waals surface area contributed by atoms with Crippen molar-refractivity contribution < 1.29 is 14.6 Å². The van der Waals surface area contributed by atoms with Crippen LogP contribution in [-0.2, 0) is 17.8 Å². The number of fused-ring (bicyclic) bond motifs is 1. The number of benzene rings is 1. The Morgan fingerprint density at radius 1 is 1.39 bits per heavy atom. The Morgan fingerprint density at radius 2 is 2.17 bits per heavy atom.